The van der Waals surface area contributed by atoms with Crippen LogP contribution in [-0.4, -0.2) is 41.9 Å². The summed E-state index contributed by atoms with van der Waals surface area (Å²) in [5.41, 5.74) is 1.77. The van der Waals surface area contributed by atoms with Crippen molar-refractivity contribution in [2.24, 2.45) is 17.8 Å². The number of carbonyl (C=O) groups is 3. The number of rotatable bonds is 6. The van der Waals surface area contributed by atoms with Crippen molar-refractivity contribution in [2.45, 2.75) is 65.3 Å². The van der Waals surface area contributed by atoms with Gasteiger partial charge in [-0.3, -0.25) is 14.4 Å². The lowest BCUT2D eigenvalue weighted by Gasteiger charge is -2.39. The topological polar surface area (TPSA) is 75.7 Å². The lowest BCUT2D eigenvalue weighted by molar-refractivity contribution is -0.151. The second kappa shape index (κ2) is 9.63. The molecule has 1 saturated carbocycles. The third-order valence-corrected chi connectivity index (χ3v) is 6.76. The Morgan fingerprint density at radius 3 is 2.67 bits per heavy atom. The molecule has 0 unspecified atom stereocenters. The zero-order valence-electron chi connectivity index (χ0n) is 18.5. The van der Waals surface area contributed by atoms with Crippen LogP contribution in [0.4, 0.5) is 5.69 Å². The Bertz CT molecular complexity index is 791. The first-order valence-electron chi connectivity index (χ1n) is 11.1. The maximum Gasteiger partial charge on any atom is 0.311 e. The van der Waals surface area contributed by atoms with E-state index in [-0.39, 0.29) is 36.8 Å². The van der Waals surface area contributed by atoms with Gasteiger partial charge < -0.3 is 15.0 Å². The summed E-state index contributed by atoms with van der Waals surface area (Å²) in [5.74, 6) is -0.00780. The van der Waals surface area contributed by atoms with Crippen LogP contribution in [0.1, 0.15) is 64.9 Å². The molecule has 0 radical (unpaired) electrons. The molecule has 0 spiro atoms. The van der Waals surface area contributed by atoms with Crippen molar-refractivity contribution in [3.05, 3.63) is 29.8 Å². The van der Waals surface area contributed by atoms with Gasteiger partial charge in [0.1, 0.15) is 0 Å². The van der Waals surface area contributed by atoms with E-state index >= 15 is 0 Å². The predicted molar refractivity (Wildman–Crippen MR) is 116 cm³/mol. The van der Waals surface area contributed by atoms with Gasteiger partial charge in [0.25, 0.3) is 5.91 Å². The minimum absolute atomic E-state index is 0.0261. The van der Waals surface area contributed by atoms with Crippen molar-refractivity contribution in [3.8, 4) is 0 Å². The van der Waals surface area contributed by atoms with Gasteiger partial charge in [0.2, 0.25) is 5.91 Å². The molecule has 164 valence electrons. The van der Waals surface area contributed by atoms with E-state index in [1.54, 1.807) is 0 Å². The van der Waals surface area contributed by atoms with E-state index in [2.05, 4.69) is 33.0 Å². The van der Waals surface area contributed by atoms with Crippen LogP contribution in [0.15, 0.2) is 24.3 Å². The number of nitrogens with one attached hydrogen (secondary N) is 1. The van der Waals surface area contributed by atoms with Gasteiger partial charge in [-0.15, -0.1) is 0 Å². The molecule has 1 saturated heterocycles. The minimum Gasteiger partial charge on any atom is -0.455 e. The Hall–Kier alpha value is -2.37. The van der Waals surface area contributed by atoms with Crippen LogP contribution in [0.5, 0.6) is 0 Å². The van der Waals surface area contributed by atoms with E-state index in [4.69, 9.17) is 4.74 Å². The van der Waals surface area contributed by atoms with Gasteiger partial charge in [0.15, 0.2) is 6.61 Å². The van der Waals surface area contributed by atoms with Crippen molar-refractivity contribution >= 4 is 23.5 Å². The number of esters is 1. The highest BCUT2D eigenvalue weighted by atomic mass is 16.5. The van der Waals surface area contributed by atoms with Crippen molar-refractivity contribution in [3.63, 3.8) is 0 Å². The number of likely N-dealkylation sites (tertiary alicyclic amines) is 1. The Balaban J connectivity index is 1.52. The summed E-state index contributed by atoms with van der Waals surface area (Å²) in [6.07, 6.45) is 3.48. The first-order valence-corrected chi connectivity index (χ1v) is 11.1. The summed E-state index contributed by atoms with van der Waals surface area (Å²) in [5, 5.41) is 2.82. The lowest BCUT2D eigenvalue weighted by atomic mass is 9.77. The largest absolute Gasteiger partial charge is 0.455 e. The van der Waals surface area contributed by atoms with Gasteiger partial charge in [-0.2, -0.15) is 0 Å². The molecule has 0 aromatic heterocycles. The zero-order chi connectivity index (χ0) is 21.8. The Morgan fingerprint density at radius 1 is 1.20 bits per heavy atom. The molecule has 1 aromatic carbocycles. The van der Waals surface area contributed by atoms with Gasteiger partial charge >= 0.3 is 5.97 Å². The van der Waals surface area contributed by atoms with Crippen LogP contribution >= 0.6 is 0 Å². The van der Waals surface area contributed by atoms with Crippen molar-refractivity contribution in [2.75, 3.05) is 18.5 Å². The smallest absolute Gasteiger partial charge is 0.311 e. The van der Waals surface area contributed by atoms with Crippen molar-refractivity contribution < 1.29 is 19.1 Å². The standard InChI is InChI=1S/C24H34N2O4/c1-15(2)19-9-5-6-10-20(19)25-22(27)14-30-24(29)18-12-23(28)26(13-18)21-11-7-8-16(3)17(21)4/h5-6,9-10,15-18,21H,7-8,11-14H2,1-4H3,(H,25,27)/t16-,17+,18+,21-/m0/s1. The van der Waals surface area contributed by atoms with Crippen LogP contribution in [0.25, 0.3) is 0 Å². The SMILES string of the molecule is CC(C)c1ccccc1NC(=O)COC(=O)[C@@H]1CC(=O)N([C@H]2CCC[C@H](C)[C@H]2C)C1. The molecule has 2 aliphatic rings. The zero-order valence-corrected chi connectivity index (χ0v) is 18.5. The van der Waals surface area contributed by atoms with E-state index in [1.807, 2.05) is 29.2 Å². The van der Waals surface area contributed by atoms with E-state index < -0.39 is 11.9 Å². The Kier molecular flexibility index (Phi) is 7.16. The number of anilines is 1. The average molecular weight is 415 g/mol. The normalized spacial score (nSPS) is 26.7. The molecular formula is C24H34N2O4. The fourth-order valence-electron chi connectivity index (χ4n) is 4.76. The molecule has 6 nitrogen and oxygen atoms in total. The number of carbonyl (C=O) groups excluding carboxylic acids is 3. The third-order valence-electron chi connectivity index (χ3n) is 6.76. The van der Waals surface area contributed by atoms with Crippen LogP contribution in [-0.2, 0) is 19.1 Å². The maximum atomic E-state index is 12.6. The van der Waals surface area contributed by atoms with Crippen LogP contribution in [0.3, 0.4) is 0 Å². The fourth-order valence-corrected chi connectivity index (χ4v) is 4.76. The highest BCUT2D eigenvalue weighted by Crippen LogP contribution is 2.36. The molecule has 1 aromatic rings. The average Bonchev–Trinajstić information content (AvgIpc) is 3.10. The van der Waals surface area contributed by atoms with Crippen LogP contribution in [0.2, 0.25) is 0 Å². The summed E-state index contributed by atoms with van der Waals surface area (Å²) in [6.45, 7) is 8.61. The number of nitrogens with zero attached hydrogens (tertiary/aromatic N) is 1. The quantitative estimate of drug-likeness (QED) is 0.715. The second-order valence-electron chi connectivity index (χ2n) is 9.18. The fraction of sp³-hybridized carbons (Fsp3) is 0.625. The molecule has 3 rings (SSSR count). The lowest BCUT2D eigenvalue weighted by Crippen LogP contribution is -2.45. The van der Waals surface area contributed by atoms with E-state index in [9.17, 15) is 14.4 Å². The molecule has 1 N–H and O–H groups in total. The van der Waals surface area contributed by atoms with Crippen molar-refractivity contribution in [1.29, 1.82) is 0 Å². The first-order chi connectivity index (χ1) is 14.3. The molecule has 1 aliphatic carbocycles. The number of benzene rings is 1. The van der Waals surface area contributed by atoms with Gasteiger partial charge in [-0.05, 0) is 35.8 Å². The molecule has 6 heteroatoms. The maximum absolute atomic E-state index is 12.6. The molecule has 1 aliphatic heterocycles. The Morgan fingerprint density at radius 2 is 1.93 bits per heavy atom. The second-order valence-corrected chi connectivity index (χ2v) is 9.18. The number of amides is 2. The summed E-state index contributed by atoms with van der Waals surface area (Å²) >= 11 is 0. The van der Waals surface area contributed by atoms with E-state index in [1.165, 1.54) is 6.42 Å². The van der Waals surface area contributed by atoms with Gasteiger partial charge in [0, 0.05) is 24.7 Å². The Labute approximate surface area is 179 Å². The third kappa shape index (κ3) is 5.02. The van der Waals surface area contributed by atoms with Gasteiger partial charge in [0.05, 0.1) is 5.92 Å². The summed E-state index contributed by atoms with van der Waals surface area (Å²) in [7, 11) is 0. The highest BCUT2D eigenvalue weighted by Gasteiger charge is 2.42. The summed E-state index contributed by atoms with van der Waals surface area (Å²) < 4.78 is 5.26. The first kappa shape index (κ1) is 22.3. The molecule has 4 atom stereocenters. The minimum atomic E-state index is -0.488. The number of hydrogen-bond donors (Lipinski definition) is 1. The van der Waals surface area contributed by atoms with Gasteiger partial charge in [-0.1, -0.05) is 58.7 Å². The molecule has 1 heterocycles. The molecule has 2 amide bonds. The van der Waals surface area contributed by atoms with Crippen LogP contribution in [0, 0.1) is 17.8 Å². The van der Waals surface area contributed by atoms with E-state index in [0.717, 1.165) is 24.1 Å². The molecular weight excluding hydrogens is 380 g/mol. The number of para-hydroxylation sites is 1. The molecule has 2 fully saturated rings. The number of ether oxygens (including phenoxy) is 1. The predicted octanol–water partition coefficient (Wildman–Crippen LogP) is 3.96. The summed E-state index contributed by atoms with van der Waals surface area (Å²) in [4.78, 5) is 39.3. The molecule has 0 bridgehead atoms. The number of hydrogen-bond acceptors (Lipinski definition) is 4. The van der Waals surface area contributed by atoms with Crippen LogP contribution < -0.4 is 5.32 Å². The molecule has 30 heavy (non-hydrogen) atoms. The highest BCUT2D eigenvalue weighted by molar-refractivity contribution is 5.94. The van der Waals surface area contributed by atoms with E-state index in [0.29, 0.717) is 18.4 Å². The summed E-state index contributed by atoms with van der Waals surface area (Å²) in [6, 6.07) is 7.81. The van der Waals surface area contributed by atoms with Gasteiger partial charge in [-0.25, -0.2) is 0 Å². The monoisotopic (exact) mass is 414 g/mol. The van der Waals surface area contributed by atoms with Crippen molar-refractivity contribution in [1.82, 2.24) is 4.90 Å².